The molecule has 1 saturated heterocycles. The van der Waals surface area contributed by atoms with Crippen LogP contribution in [0.1, 0.15) is 40.0 Å². The second-order valence-corrected chi connectivity index (χ2v) is 7.54. The van der Waals surface area contributed by atoms with E-state index in [1.54, 1.807) is 0 Å². The van der Waals surface area contributed by atoms with Crippen LogP contribution in [0.2, 0.25) is 0 Å². The predicted molar refractivity (Wildman–Crippen MR) is 83.3 cm³/mol. The van der Waals surface area contributed by atoms with Crippen molar-refractivity contribution in [3.05, 3.63) is 12.2 Å². The smallest absolute Gasteiger partial charge is 0.302 e. The third-order valence-corrected chi connectivity index (χ3v) is 6.34. The number of carbonyl (C=O) groups is 2. The van der Waals surface area contributed by atoms with Gasteiger partial charge in [0.1, 0.15) is 0 Å². The summed E-state index contributed by atoms with van der Waals surface area (Å²) in [5.41, 5.74) is -0.579. The van der Waals surface area contributed by atoms with E-state index >= 15 is 0 Å². The van der Waals surface area contributed by atoms with Gasteiger partial charge in [0.05, 0.1) is 13.2 Å². The Morgan fingerprint density at radius 3 is 2.70 bits per heavy atom. The molecule has 0 bridgehead atoms. The first kappa shape index (κ1) is 16.7. The molecule has 0 aromatic heterocycles. The average molecular weight is 322 g/mol. The Hall–Kier alpha value is -1.20. The molecule has 0 aromatic rings. The van der Waals surface area contributed by atoms with Crippen molar-refractivity contribution in [3.8, 4) is 0 Å². The number of aliphatic hydroxyl groups is 1. The lowest BCUT2D eigenvalue weighted by molar-refractivity contribution is -0.233. The van der Waals surface area contributed by atoms with Gasteiger partial charge in [0.15, 0.2) is 5.78 Å². The van der Waals surface area contributed by atoms with Gasteiger partial charge in [-0.25, -0.2) is 0 Å². The Bertz CT molecular complexity index is 542. The molecular formula is C18H26O5. The zero-order valence-corrected chi connectivity index (χ0v) is 14.1. The standard InChI is InChI=1S/C18H26O5/c1-11(19)18(21)17(3)15(10-23-18)6-5-14-8-13(4-7-16(14)17)9-22-12(2)20/h5-6,13-16,21H,4,7-10H2,1-3H3. The molecule has 2 aliphatic carbocycles. The van der Waals surface area contributed by atoms with Gasteiger partial charge in [-0.2, -0.15) is 0 Å². The van der Waals surface area contributed by atoms with E-state index in [0.29, 0.717) is 19.1 Å². The lowest BCUT2D eigenvalue weighted by Gasteiger charge is -2.52. The number of fused-ring (bicyclic) bond motifs is 3. The van der Waals surface area contributed by atoms with Crippen LogP contribution in [0.3, 0.4) is 0 Å². The number of hydrogen-bond donors (Lipinski definition) is 1. The second-order valence-electron chi connectivity index (χ2n) is 7.54. The van der Waals surface area contributed by atoms with Gasteiger partial charge >= 0.3 is 5.97 Å². The van der Waals surface area contributed by atoms with Gasteiger partial charge in [0.25, 0.3) is 0 Å². The third kappa shape index (κ3) is 2.45. The average Bonchev–Trinajstić information content (AvgIpc) is 2.78. The Morgan fingerprint density at radius 2 is 2.04 bits per heavy atom. The van der Waals surface area contributed by atoms with Crippen LogP contribution in [0.15, 0.2) is 12.2 Å². The fraction of sp³-hybridized carbons (Fsp3) is 0.778. The van der Waals surface area contributed by atoms with Crippen molar-refractivity contribution in [2.24, 2.45) is 29.1 Å². The highest BCUT2D eigenvalue weighted by atomic mass is 16.6. The first-order chi connectivity index (χ1) is 10.8. The largest absolute Gasteiger partial charge is 0.466 e. The minimum Gasteiger partial charge on any atom is -0.466 e. The lowest BCUT2D eigenvalue weighted by Crippen LogP contribution is -2.58. The zero-order chi connectivity index (χ0) is 16.8. The SMILES string of the molecule is CC(=O)OCC1CCC2C(C=CC3COC(O)(C(C)=O)C32C)C1. The molecule has 1 aliphatic heterocycles. The van der Waals surface area contributed by atoms with E-state index in [0.717, 1.165) is 19.3 Å². The molecular weight excluding hydrogens is 296 g/mol. The quantitative estimate of drug-likeness (QED) is 0.636. The first-order valence-corrected chi connectivity index (χ1v) is 8.48. The summed E-state index contributed by atoms with van der Waals surface area (Å²) in [5.74, 6) is -1.32. The van der Waals surface area contributed by atoms with Crippen LogP contribution in [0.4, 0.5) is 0 Å². The minimum absolute atomic E-state index is 0.0719. The van der Waals surface area contributed by atoms with Crippen molar-refractivity contribution < 1.29 is 24.2 Å². The molecule has 1 saturated carbocycles. The summed E-state index contributed by atoms with van der Waals surface area (Å²) in [6.07, 6.45) is 7.10. The number of rotatable bonds is 3. The molecule has 5 heteroatoms. The van der Waals surface area contributed by atoms with Crippen LogP contribution in [-0.4, -0.2) is 35.9 Å². The van der Waals surface area contributed by atoms with Crippen molar-refractivity contribution in [2.75, 3.05) is 13.2 Å². The Kier molecular flexibility index (Phi) is 4.13. The monoisotopic (exact) mass is 322 g/mol. The number of allylic oxidation sites excluding steroid dienone is 1. The third-order valence-electron chi connectivity index (χ3n) is 6.34. The molecule has 1 heterocycles. The number of ketones is 1. The normalized spacial score (nSPS) is 45.2. The summed E-state index contributed by atoms with van der Waals surface area (Å²) in [6, 6.07) is 0. The molecule has 3 aliphatic rings. The summed E-state index contributed by atoms with van der Waals surface area (Å²) in [5, 5.41) is 10.9. The van der Waals surface area contributed by atoms with E-state index in [4.69, 9.17) is 9.47 Å². The van der Waals surface area contributed by atoms with Crippen LogP contribution >= 0.6 is 0 Å². The molecule has 5 nitrogen and oxygen atoms in total. The predicted octanol–water partition coefficient (Wildman–Crippen LogP) is 2.08. The summed E-state index contributed by atoms with van der Waals surface area (Å²) in [4.78, 5) is 23.1. The topological polar surface area (TPSA) is 72.8 Å². The summed E-state index contributed by atoms with van der Waals surface area (Å²) >= 11 is 0. The van der Waals surface area contributed by atoms with Crippen molar-refractivity contribution in [1.29, 1.82) is 0 Å². The maximum Gasteiger partial charge on any atom is 0.302 e. The van der Waals surface area contributed by atoms with Crippen molar-refractivity contribution in [1.82, 2.24) is 0 Å². The Labute approximate surface area is 137 Å². The number of hydrogen-bond acceptors (Lipinski definition) is 5. The van der Waals surface area contributed by atoms with Gasteiger partial charge in [-0.05, 0) is 37.0 Å². The first-order valence-electron chi connectivity index (χ1n) is 8.48. The van der Waals surface area contributed by atoms with Crippen molar-refractivity contribution in [3.63, 3.8) is 0 Å². The van der Waals surface area contributed by atoms with E-state index in [9.17, 15) is 14.7 Å². The highest BCUT2D eigenvalue weighted by Crippen LogP contribution is 2.60. The van der Waals surface area contributed by atoms with Gasteiger partial charge in [0, 0.05) is 25.2 Å². The highest BCUT2D eigenvalue weighted by molar-refractivity contribution is 5.84. The maximum atomic E-state index is 12.1. The maximum absolute atomic E-state index is 12.1. The van der Waals surface area contributed by atoms with Gasteiger partial charge in [-0.15, -0.1) is 0 Å². The van der Waals surface area contributed by atoms with Crippen LogP contribution < -0.4 is 0 Å². The van der Waals surface area contributed by atoms with Crippen LogP contribution in [0, 0.1) is 29.1 Å². The number of ether oxygens (including phenoxy) is 2. The van der Waals surface area contributed by atoms with Crippen molar-refractivity contribution >= 4 is 11.8 Å². The number of carbonyl (C=O) groups excluding carboxylic acids is 2. The molecule has 23 heavy (non-hydrogen) atoms. The minimum atomic E-state index is -1.69. The zero-order valence-electron chi connectivity index (χ0n) is 14.1. The molecule has 128 valence electrons. The van der Waals surface area contributed by atoms with E-state index in [1.165, 1.54) is 13.8 Å². The molecule has 0 amide bonds. The Morgan fingerprint density at radius 1 is 1.30 bits per heavy atom. The Balaban J connectivity index is 1.81. The van der Waals surface area contributed by atoms with Gasteiger partial charge in [0.2, 0.25) is 5.79 Å². The lowest BCUT2D eigenvalue weighted by atomic mass is 9.53. The summed E-state index contributed by atoms with van der Waals surface area (Å²) < 4.78 is 10.8. The van der Waals surface area contributed by atoms with E-state index in [2.05, 4.69) is 12.2 Å². The highest BCUT2D eigenvalue weighted by Gasteiger charge is 2.66. The fourth-order valence-corrected chi connectivity index (χ4v) is 4.97. The van der Waals surface area contributed by atoms with Crippen LogP contribution in [0.25, 0.3) is 0 Å². The number of Topliss-reactive ketones (excluding diaryl/α,β-unsaturated/α-hetero) is 1. The number of esters is 1. The van der Waals surface area contributed by atoms with Gasteiger partial charge in [-0.1, -0.05) is 19.1 Å². The summed E-state index contributed by atoms with van der Waals surface area (Å²) in [7, 11) is 0. The fourth-order valence-electron chi connectivity index (χ4n) is 4.97. The molecule has 0 radical (unpaired) electrons. The van der Waals surface area contributed by atoms with E-state index in [1.807, 2.05) is 6.92 Å². The molecule has 2 fully saturated rings. The molecule has 0 spiro atoms. The molecule has 6 unspecified atom stereocenters. The molecule has 0 aromatic carbocycles. The second kappa shape index (κ2) is 5.71. The molecule has 1 N–H and O–H groups in total. The van der Waals surface area contributed by atoms with Crippen LogP contribution in [-0.2, 0) is 19.1 Å². The van der Waals surface area contributed by atoms with Crippen molar-refractivity contribution in [2.45, 2.75) is 45.8 Å². The van der Waals surface area contributed by atoms with E-state index < -0.39 is 11.2 Å². The van der Waals surface area contributed by atoms with E-state index in [-0.39, 0.29) is 29.5 Å². The van der Waals surface area contributed by atoms with Gasteiger partial charge in [-0.3, -0.25) is 9.59 Å². The van der Waals surface area contributed by atoms with Crippen LogP contribution in [0.5, 0.6) is 0 Å². The van der Waals surface area contributed by atoms with Gasteiger partial charge < -0.3 is 14.6 Å². The summed E-state index contributed by atoms with van der Waals surface area (Å²) in [6.45, 7) is 5.69. The molecule has 3 rings (SSSR count). The molecule has 6 atom stereocenters.